The molecule has 0 radical (unpaired) electrons. The summed E-state index contributed by atoms with van der Waals surface area (Å²) in [5.74, 6) is -0.456. The molecule has 1 fully saturated rings. The highest BCUT2D eigenvalue weighted by Gasteiger charge is 2.26. The van der Waals surface area contributed by atoms with Crippen LogP contribution >= 0.6 is 0 Å². The normalized spacial score (nSPS) is 18.7. The first-order valence-corrected chi connectivity index (χ1v) is 9.34. The summed E-state index contributed by atoms with van der Waals surface area (Å²) in [5.41, 5.74) is 1.10. The van der Waals surface area contributed by atoms with Crippen molar-refractivity contribution in [2.75, 3.05) is 13.7 Å². The first-order valence-electron chi connectivity index (χ1n) is 9.34. The van der Waals surface area contributed by atoms with Crippen molar-refractivity contribution in [2.45, 2.75) is 31.7 Å². The highest BCUT2D eigenvalue weighted by atomic mass is 19.1. The number of carbonyl (C=O) groups excluding carboxylic acids is 2. The Bertz CT molecular complexity index is 852. The van der Waals surface area contributed by atoms with Crippen LogP contribution in [0.25, 0.3) is 0 Å². The zero-order valence-electron chi connectivity index (χ0n) is 16.1. The van der Waals surface area contributed by atoms with Gasteiger partial charge in [-0.25, -0.2) is 4.39 Å². The third-order valence-electron chi connectivity index (χ3n) is 4.98. The summed E-state index contributed by atoms with van der Waals surface area (Å²) in [4.78, 5) is 24.4. The summed E-state index contributed by atoms with van der Waals surface area (Å²) >= 11 is 0. The van der Waals surface area contributed by atoms with Gasteiger partial charge in [-0.1, -0.05) is 0 Å². The van der Waals surface area contributed by atoms with Crippen LogP contribution in [0.2, 0.25) is 0 Å². The van der Waals surface area contributed by atoms with E-state index in [1.54, 1.807) is 4.68 Å². The fourth-order valence-corrected chi connectivity index (χ4v) is 3.53. The molecule has 0 saturated heterocycles. The third-order valence-corrected chi connectivity index (χ3v) is 4.98. The van der Waals surface area contributed by atoms with Crippen LogP contribution in [-0.4, -0.2) is 41.3 Å². The van der Waals surface area contributed by atoms with Crippen LogP contribution in [0, 0.1) is 11.7 Å². The van der Waals surface area contributed by atoms with Crippen molar-refractivity contribution in [1.29, 1.82) is 0 Å². The lowest BCUT2D eigenvalue weighted by molar-refractivity contribution is -0.121. The molecule has 0 aliphatic heterocycles. The number of methoxy groups -OCH3 is 1. The van der Waals surface area contributed by atoms with Gasteiger partial charge in [0.2, 0.25) is 5.91 Å². The van der Waals surface area contributed by atoms with E-state index in [2.05, 4.69) is 15.7 Å². The topological polar surface area (TPSA) is 85.3 Å². The van der Waals surface area contributed by atoms with Gasteiger partial charge in [0.05, 0.1) is 19.2 Å². The van der Waals surface area contributed by atoms with Gasteiger partial charge >= 0.3 is 0 Å². The molecule has 1 aromatic heterocycles. The average Bonchev–Trinajstić information content (AvgIpc) is 3.28. The minimum absolute atomic E-state index is 0.0354. The maximum atomic E-state index is 13.5. The molecule has 1 saturated carbocycles. The Morgan fingerprint density at radius 1 is 1.32 bits per heavy atom. The number of aryl methyl sites for hydroxylation is 1. The first kappa shape index (κ1) is 19.9. The molecular formula is C20H25FN4O3. The molecular weight excluding hydrogens is 363 g/mol. The van der Waals surface area contributed by atoms with Gasteiger partial charge in [0, 0.05) is 31.4 Å². The number of benzene rings is 1. The van der Waals surface area contributed by atoms with Crippen molar-refractivity contribution in [3.05, 3.63) is 47.5 Å². The molecule has 0 bridgehead atoms. The van der Waals surface area contributed by atoms with E-state index in [9.17, 15) is 14.0 Å². The molecule has 2 aromatic rings. The Kier molecular flexibility index (Phi) is 6.28. The van der Waals surface area contributed by atoms with E-state index in [0.29, 0.717) is 18.0 Å². The van der Waals surface area contributed by atoms with Crippen molar-refractivity contribution in [3.8, 4) is 5.75 Å². The van der Waals surface area contributed by atoms with Crippen molar-refractivity contribution < 1.29 is 18.7 Å². The second-order valence-corrected chi connectivity index (χ2v) is 7.16. The number of amides is 2. The molecule has 1 aromatic carbocycles. The maximum Gasteiger partial charge on any atom is 0.251 e. The summed E-state index contributed by atoms with van der Waals surface area (Å²) < 4.78 is 20.0. The zero-order valence-corrected chi connectivity index (χ0v) is 16.1. The predicted octanol–water partition coefficient (Wildman–Crippen LogP) is 1.83. The van der Waals surface area contributed by atoms with Gasteiger partial charge in [-0.2, -0.15) is 5.10 Å². The number of rotatable bonds is 7. The summed E-state index contributed by atoms with van der Waals surface area (Å²) in [6, 6.07) is 5.99. The van der Waals surface area contributed by atoms with Gasteiger partial charge in [-0.3, -0.25) is 14.3 Å². The summed E-state index contributed by atoms with van der Waals surface area (Å²) in [6.07, 6.45) is 4.72. The molecule has 8 heteroatoms. The number of nitrogens with zero attached hydrogens (tertiary/aromatic N) is 2. The number of ether oxygens (including phenoxy) is 1. The smallest absolute Gasteiger partial charge is 0.251 e. The van der Waals surface area contributed by atoms with Gasteiger partial charge in [-0.15, -0.1) is 0 Å². The summed E-state index contributed by atoms with van der Waals surface area (Å²) in [6.45, 7) is 0.519. The molecule has 1 heterocycles. The van der Waals surface area contributed by atoms with Crippen molar-refractivity contribution in [3.63, 3.8) is 0 Å². The zero-order chi connectivity index (χ0) is 20.1. The van der Waals surface area contributed by atoms with E-state index in [4.69, 9.17) is 4.74 Å². The molecule has 1 aliphatic carbocycles. The van der Waals surface area contributed by atoms with Crippen molar-refractivity contribution >= 4 is 11.8 Å². The minimum Gasteiger partial charge on any atom is -0.494 e. The average molecular weight is 388 g/mol. The quantitative estimate of drug-likeness (QED) is 0.758. The Hall–Kier alpha value is -2.90. The molecule has 2 unspecified atom stereocenters. The van der Waals surface area contributed by atoms with Crippen LogP contribution in [0.15, 0.2) is 30.5 Å². The standard InChI is InChI=1S/C20H25FN4O3/c1-25-8-7-16(24-25)11-19(26)23-15-5-3-13(9-15)12-22-20(27)14-4-6-17(21)18(10-14)28-2/h4,6-8,10,13,15H,3,5,9,11-12H2,1-2H3,(H,22,27)(H,23,26). The van der Waals surface area contributed by atoms with Crippen LogP contribution in [0.3, 0.4) is 0 Å². The molecule has 3 rings (SSSR count). The van der Waals surface area contributed by atoms with E-state index in [0.717, 1.165) is 25.0 Å². The monoisotopic (exact) mass is 388 g/mol. The fourth-order valence-electron chi connectivity index (χ4n) is 3.53. The fraction of sp³-hybridized carbons (Fsp3) is 0.450. The Labute approximate surface area is 163 Å². The van der Waals surface area contributed by atoms with Crippen molar-refractivity contribution in [1.82, 2.24) is 20.4 Å². The number of hydrogen-bond acceptors (Lipinski definition) is 4. The van der Waals surface area contributed by atoms with Crippen LogP contribution in [0.4, 0.5) is 4.39 Å². The largest absolute Gasteiger partial charge is 0.494 e. The molecule has 1 aliphatic rings. The Morgan fingerprint density at radius 3 is 2.86 bits per heavy atom. The van der Waals surface area contributed by atoms with E-state index < -0.39 is 5.82 Å². The maximum absolute atomic E-state index is 13.5. The van der Waals surface area contributed by atoms with Gasteiger partial charge < -0.3 is 15.4 Å². The highest BCUT2D eigenvalue weighted by molar-refractivity contribution is 5.94. The van der Waals surface area contributed by atoms with E-state index >= 15 is 0 Å². The molecule has 0 spiro atoms. The Balaban J connectivity index is 1.43. The third kappa shape index (κ3) is 5.09. The Morgan fingerprint density at radius 2 is 2.14 bits per heavy atom. The SMILES string of the molecule is COc1cc(C(=O)NCC2CCC(NC(=O)Cc3ccn(C)n3)C2)ccc1F. The molecule has 28 heavy (non-hydrogen) atoms. The number of hydrogen-bond donors (Lipinski definition) is 2. The van der Waals surface area contributed by atoms with E-state index in [1.807, 2.05) is 19.3 Å². The van der Waals surface area contributed by atoms with Gasteiger partial charge in [0.15, 0.2) is 11.6 Å². The van der Waals surface area contributed by atoms with Gasteiger partial charge in [-0.05, 0) is 49.4 Å². The number of carbonyl (C=O) groups is 2. The van der Waals surface area contributed by atoms with Crippen LogP contribution in [-0.2, 0) is 18.3 Å². The number of aromatic nitrogens is 2. The second-order valence-electron chi connectivity index (χ2n) is 7.16. The van der Waals surface area contributed by atoms with Gasteiger partial charge in [0.25, 0.3) is 5.91 Å². The van der Waals surface area contributed by atoms with E-state index in [-0.39, 0.29) is 30.0 Å². The minimum atomic E-state index is -0.501. The summed E-state index contributed by atoms with van der Waals surface area (Å²) in [7, 11) is 3.18. The van der Waals surface area contributed by atoms with Crippen molar-refractivity contribution in [2.24, 2.45) is 13.0 Å². The molecule has 150 valence electrons. The summed E-state index contributed by atoms with van der Waals surface area (Å²) in [5, 5.41) is 10.1. The first-order chi connectivity index (χ1) is 13.4. The van der Waals surface area contributed by atoms with Crippen LogP contribution in [0.5, 0.6) is 5.75 Å². The molecule has 2 N–H and O–H groups in total. The number of halogens is 1. The molecule has 7 nitrogen and oxygen atoms in total. The lowest BCUT2D eigenvalue weighted by Gasteiger charge is -2.14. The second kappa shape index (κ2) is 8.86. The lowest BCUT2D eigenvalue weighted by Crippen LogP contribution is -2.35. The van der Waals surface area contributed by atoms with E-state index in [1.165, 1.54) is 25.3 Å². The lowest BCUT2D eigenvalue weighted by atomic mass is 10.1. The molecule has 2 atom stereocenters. The predicted molar refractivity (Wildman–Crippen MR) is 101 cm³/mol. The van der Waals surface area contributed by atoms with Crippen LogP contribution in [0.1, 0.15) is 35.3 Å². The highest BCUT2D eigenvalue weighted by Crippen LogP contribution is 2.25. The van der Waals surface area contributed by atoms with Gasteiger partial charge in [0.1, 0.15) is 0 Å². The molecule has 2 amide bonds. The van der Waals surface area contributed by atoms with Crippen LogP contribution < -0.4 is 15.4 Å². The number of nitrogens with one attached hydrogen (secondary N) is 2.